The number of halogens is 4. The lowest BCUT2D eigenvalue weighted by Gasteiger charge is -2.08. The number of amides is 1. The molecule has 0 saturated heterocycles. The van der Waals surface area contributed by atoms with Crippen molar-refractivity contribution in [1.82, 2.24) is 0 Å². The second-order valence-corrected chi connectivity index (χ2v) is 4.72. The fourth-order valence-corrected chi connectivity index (χ4v) is 1.74. The Balaban J connectivity index is 2.30. The third-order valence-corrected chi connectivity index (χ3v) is 3.12. The first kappa shape index (κ1) is 14.4. The fourth-order valence-electron chi connectivity index (χ4n) is 1.50. The van der Waals surface area contributed by atoms with Crippen LogP contribution < -0.4 is 5.32 Å². The molecule has 3 nitrogen and oxygen atoms in total. The molecule has 0 heterocycles. The highest BCUT2D eigenvalue weighted by Crippen LogP contribution is 2.25. The Morgan fingerprint density at radius 1 is 1.15 bits per heavy atom. The zero-order valence-electron chi connectivity index (χ0n) is 9.75. The number of hydrogen-bond acceptors (Lipinski definition) is 2. The number of nitrogens with one attached hydrogen (secondary N) is 1. The average molecular weight is 346 g/mol. The van der Waals surface area contributed by atoms with E-state index in [9.17, 15) is 23.1 Å². The third kappa shape index (κ3) is 2.93. The number of phenols is 1. The van der Waals surface area contributed by atoms with Crippen LogP contribution in [-0.4, -0.2) is 11.0 Å². The van der Waals surface area contributed by atoms with Gasteiger partial charge < -0.3 is 10.4 Å². The number of anilines is 1. The summed E-state index contributed by atoms with van der Waals surface area (Å²) in [7, 11) is 0. The SMILES string of the molecule is O=C(Nc1cc(F)cc(F)c1F)c1ccc(Br)c(O)c1. The predicted molar refractivity (Wildman–Crippen MR) is 70.1 cm³/mol. The molecule has 1 amide bonds. The molecule has 0 saturated carbocycles. The average Bonchev–Trinajstić information content (AvgIpc) is 2.38. The standard InChI is InChI=1S/C13H7BrF3NO2/c14-8-2-1-6(3-11(8)19)13(20)18-10-5-7(15)4-9(16)12(10)17/h1-5,19H,(H,18,20). The van der Waals surface area contributed by atoms with Crippen LogP contribution in [0.1, 0.15) is 10.4 Å². The minimum absolute atomic E-state index is 0.00905. The van der Waals surface area contributed by atoms with E-state index in [4.69, 9.17) is 0 Å². The number of phenolic OH excluding ortho intramolecular Hbond substituents is 1. The molecule has 20 heavy (non-hydrogen) atoms. The Morgan fingerprint density at radius 2 is 1.85 bits per heavy atom. The van der Waals surface area contributed by atoms with Gasteiger partial charge in [0.15, 0.2) is 11.6 Å². The van der Waals surface area contributed by atoms with Gasteiger partial charge in [0, 0.05) is 17.7 Å². The molecule has 2 aromatic rings. The van der Waals surface area contributed by atoms with Crippen LogP contribution in [0.2, 0.25) is 0 Å². The highest BCUT2D eigenvalue weighted by atomic mass is 79.9. The van der Waals surface area contributed by atoms with Crippen molar-refractivity contribution in [3.05, 3.63) is 57.8 Å². The van der Waals surface area contributed by atoms with Crippen LogP contribution in [0, 0.1) is 17.5 Å². The zero-order chi connectivity index (χ0) is 14.9. The third-order valence-electron chi connectivity index (χ3n) is 2.45. The van der Waals surface area contributed by atoms with Gasteiger partial charge in [-0.05, 0) is 34.1 Å². The van der Waals surface area contributed by atoms with E-state index in [1.54, 1.807) is 0 Å². The minimum Gasteiger partial charge on any atom is -0.507 e. The summed E-state index contributed by atoms with van der Waals surface area (Å²) >= 11 is 3.04. The van der Waals surface area contributed by atoms with Gasteiger partial charge in [-0.25, -0.2) is 13.2 Å². The Bertz CT molecular complexity index is 692. The van der Waals surface area contributed by atoms with Crippen molar-refractivity contribution in [2.45, 2.75) is 0 Å². The summed E-state index contributed by atoms with van der Waals surface area (Å²) in [6.45, 7) is 0. The first-order valence-corrected chi connectivity index (χ1v) is 6.12. The Morgan fingerprint density at radius 3 is 2.50 bits per heavy atom. The second kappa shape index (κ2) is 5.54. The lowest BCUT2D eigenvalue weighted by molar-refractivity contribution is 0.102. The van der Waals surface area contributed by atoms with E-state index >= 15 is 0 Å². The molecule has 0 aromatic heterocycles. The normalized spacial score (nSPS) is 10.4. The predicted octanol–water partition coefficient (Wildman–Crippen LogP) is 3.82. The zero-order valence-corrected chi connectivity index (χ0v) is 11.3. The quantitative estimate of drug-likeness (QED) is 0.813. The summed E-state index contributed by atoms with van der Waals surface area (Å²) in [5, 5.41) is 11.5. The van der Waals surface area contributed by atoms with Gasteiger partial charge in [0.05, 0.1) is 10.2 Å². The fraction of sp³-hybridized carbons (Fsp3) is 0. The molecule has 104 valence electrons. The van der Waals surface area contributed by atoms with E-state index in [1.165, 1.54) is 12.1 Å². The Labute approximate surface area is 120 Å². The van der Waals surface area contributed by atoms with Crippen molar-refractivity contribution in [3.63, 3.8) is 0 Å². The molecule has 0 aliphatic carbocycles. The van der Waals surface area contributed by atoms with Crippen LogP contribution in [-0.2, 0) is 0 Å². The molecular formula is C13H7BrF3NO2. The van der Waals surface area contributed by atoms with Crippen molar-refractivity contribution in [2.24, 2.45) is 0 Å². The topological polar surface area (TPSA) is 49.3 Å². The molecule has 0 radical (unpaired) electrons. The van der Waals surface area contributed by atoms with E-state index in [0.717, 1.165) is 6.07 Å². The van der Waals surface area contributed by atoms with Crippen LogP contribution in [0.3, 0.4) is 0 Å². The maximum Gasteiger partial charge on any atom is 0.255 e. The molecule has 0 fully saturated rings. The van der Waals surface area contributed by atoms with Crippen LogP contribution in [0.25, 0.3) is 0 Å². The van der Waals surface area contributed by atoms with E-state index in [-0.39, 0.29) is 11.3 Å². The first-order valence-electron chi connectivity index (χ1n) is 5.33. The van der Waals surface area contributed by atoms with Crippen molar-refractivity contribution in [3.8, 4) is 5.75 Å². The van der Waals surface area contributed by atoms with Gasteiger partial charge in [-0.2, -0.15) is 0 Å². The van der Waals surface area contributed by atoms with Gasteiger partial charge in [-0.15, -0.1) is 0 Å². The van der Waals surface area contributed by atoms with E-state index in [1.807, 2.05) is 5.32 Å². The molecule has 2 N–H and O–H groups in total. The number of carbonyl (C=O) groups excluding carboxylic acids is 1. The summed E-state index contributed by atoms with van der Waals surface area (Å²) in [6.07, 6.45) is 0. The minimum atomic E-state index is -1.40. The largest absolute Gasteiger partial charge is 0.507 e. The Kier molecular flexibility index (Phi) is 3.99. The summed E-state index contributed by atoms with van der Waals surface area (Å²) in [5.41, 5.74) is -0.607. The highest BCUT2D eigenvalue weighted by molar-refractivity contribution is 9.10. The monoisotopic (exact) mass is 345 g/mol. The molecular weight excluding hydrogens is 339 g/mol. The number of hydrogen-bond donors (Lipinski definition) is 2. The first-order chi connectivity index (χ1) is 9.38. The Hall–Kier alpha value is -2.02. The van der Waals surface area contributed by atoms with Gasteiger partial charge in [0.2, 0.25) is 0 Å². The maximum absolute atomic E-state index is 13.4. The number of rotatable bonds is 2. The van der Waals surface area contributed by atoms with Crippen molar-refractivity contribution in [2.75, 3.05) is 5.32 Å². The molecule has 2 rings (SSSR count). The van der Waals surface area contributed by atoms with Crippen LogP contribution in [0.4, 0.5) is 18.9 Å². The van der Waals surface area contributed by atoms with Crippen LogP contribution in [0.15, 0.2) is 34.8 Å². The summed E-state index contributed by atoms with van der Waals surface area (Å²) in [6, 6.07) is 4.93. The molecule has 0 atom stereocenters. The van der Waals surface area contributed by atoms with E-state index in [0.29, 0.717) is 16.6 Å². The molecule has 0 unspecified atom stereocenters. The molecule has 0 aliphatic rings. The highest BCUT2D eigenvalue weighted by Gasteiger charge is 2.15. The maximum atomic E-state index is 13.4. The lowest BCUT2D eigenvalue weighted by atomic mass is 10.2. The summed E-state index contributed by atoms with van der Waals surface area (Å²) in [5.74, 6) is -4.78. The summed E-state index contributed by atoms with van der Waals surface area (Å²) < 4.78 is 39.7. The molecule has 2 aromatic carbocycles. The molecule has 0 bridgehead atoms. The van der Waals surface area contributed by atoms with Crippen LogP contribution >= 0.6 is 15.9 Å². The van der Waals surface area contributed by atoms with Crippen molar-refractivity contribution in [1.29, 1.82) is 0 Å². The second-order valence-electron chi connectivity index (χ2n) is 3.87. The molecule has 0 spiro atoms. The van der Waals surface area contributed by atoms with Gasteiger partial charge in [0.25, 0.3) is 5.91 Å². The van der Waals surface area contributed by atoms with Crippen LogP contribution in [0.5, 0.6) is 5.75 Å². The smallest absolute Gasteiger partial charge is 0.255 e. The van der Waals surface area contributed by atoms with Crippen molar-refractivity contribution >= 4 is 27.5 Å². The van der Waals surface area contributed by atoms with Gasteiger partial charge >= 0.3 is 0 Å². The molecule has 7 heteroatoms. The lowest BCUT2D eigenvalue weighted by Crippen LogP contribution is -2.13. The van der Waals surface area contributed by atoms with Crippen molar-refractivity contribution < 1.29 is 23.1 Å². The van der Waals surface area contributed by atoms with Gasteiger partial charge in [-0.1, -0.05) is 0 Å². The van der Waals surface area contributed by atoms with E-state index < -0.39 is 29.0 Å². The number of carbonyl (C=O) groups is 1. The van der Waals surface area contributed by atoms with Gasteiger partial charge in [-0.3, -0.25) is 4.79 Å². The summed E-state index contributed by atoms with van der Waals surface area (Å²) in [4.78, 5) is 11.8. The van der Waals surface area contributed by atoms with Gasteiger partial charge in [0.1, 0.15) is 11.6 Å². The molecule has 0 aliphatic heterocycles. The number of benzene rings is 2. The van der Waals surface area contributed by atoms with E-state index in [2.05, 4.69) is 15.9 Å². The number of aromatic hydroxyl groups is 1.